The second-order valence-electron chi connectivity index (χ2n) is 4.36. The van der Waals surface area contributed by atoms with Gasteiger partial charge in [-0.2, -0.15) is 0 Å². The average Bonchev–Trinajstić information content (AvgIpc) is 2.40. The molecule has 2 aromatic rings. The number of rotatable bonds is 4. The Bertz CT molecular complexity index is 629. The predicted molar refractivity (Wildman–Crippen MR) is 70.0 cm³/mol. The van der Waals surface area contributed by atoms with Crippen molar-refractivity contribution in [3.05, 3.63) is 65.2 Å². The number of hydrogen-bond donors (Lipinski definition) is 2. The molecule has 0 saturated carbocycles. The van der Waals surface area contributed by atoms with Crippen LogP contribution in [0.5, 0.6) is 5.75 Å². The summed E-state index contributed by atoms with van der Waals surface area (Å²) >= 11 is 0. The molecule has 0 aliphatic carbocycles. The van der Waals surface area contributed by atoms with Crippen molar-refractivity contribution in [2.24, 2.45) is 0 Å². The zero-order valence-electron chi connectivity index (χ0n) is 10.6. The van der Waals surface area contributed by atoms with Crippen molar-refractivity contribution in [2.45, 2.75) is 13.0 Å². The van der Waals surface area contributed by atoms with Gasteiger partial charge in [-0.3, -0.25) is 4.79 Å². The quantitative estimate of drug-likeness (QED) is 0.902. The van der Waals surface area contributed by atoms with Crippen molar-refractivity contribution in [2.75, 3.05) is 0 Å². The lowest BCUT2D eigenvalue weighted by Crippen LogP contribution is -2.25. The zero-order chi connectivity index (χ0) is 14.5. The maximum Gasteiger partial charge on any atom is 0.224 e. The molecule has 104 valence electrons. The summed E-state index contributed by atoms with van der Waals surface area (Å²) in [5.41, 5.74) is 0.733. The second-order valence-corrected chi connectivity index (χ2v) is 4.36. The topological polar surface area (TPSA) is 49.3 Å². The van der Waals surface area contributed by atoms with Crippen molar-refractivity contribution < 1.29 is 18.7 Å². The lowest BCUT2D eigenvalue weighted by atomic mass is 10.1. The van der Waals surface area contributed by atoms with Crippen LogP contribution in [0.2, 0.25) is 0 Å². The van der Waals surface area contributed by atoms with Crippen LogP contribution in [0.25, 0.3) is 0 Å². The van der Waals surface area contributed by atoms with Crippen molar-refractivity contribution in [1.29, 1.82) is 0 Å². The number of nitrogens with one attached hydrogen (secondary N) is 1. The molecule has 5 heteroatoms. The van der Waals surface area contributed by atoms with E-state index >= 15 is 0 Å². The summed E-state index contributed by atoms with van der Waals surface area (Å²) in [5, 5.41) is 11.8. The molecule has 1 amide bonds. The molecule has 2 N–H and O–H groups in total. The van der Waals surface area contributed by atoms with E-state index < -0.39 is 11.6 Å². The summed E-state index contributed by atoms with van der Waals surface area (Å²) in [6.45, 7) is -0.0821. The van der Waals surface area contributed by atoms with E-state index in [1.165, 1.54) is 12.1 Å². The van der Waals surface area contributed by atoms with Gasteiger partial charge < -0.3 is 10.4 Å². The van der Waals surface area contributed by atoms with Gasteiger partial charge >= 0.3 is 0 Å². The first-order valence-corrected chi connectivity index (χ1v) is 6.03. The van der Waals surface area contributed by atoms with Crippen LogP contribution in [0, 0.1) is 11.6 Å². The van der Waals surface area contributed by atoms with E-state index in [1.54, 1.807) is 12.1 Å². The fourth-order valence-corrected chi connectivity index (χ4v) is 1.79. The van der Waals surface area contributed by atoms with Gasteiger partial charge in [-0.25, -0.2) is 8.78 Å². The van der Waals surface area contributed by atoms with Crippen LogP contribution in [-0.2, 0) is 17.8 Å². The van der Waals surface area contributed by atoms with E-state index in [4.69, 9.17) is 0 Å². The molecule has 0 aliphatic heterocycles. The Hall–Kier alpha value is -2.43. The number of phenolic OH excluding ortho intramolecular Hbond substituents is 1. The molecule has 0 fully saturated rings. The monoisotopic (exact) mass is 277 g/mol. The van der Waals surface area contributed by atoms with Crippen LogP contribution >= 0.6 is 0 Å². The normalized spacial score (nSPS) is 10.3. The van der Waals surface area contributed by atoms with Crippen molar-refractivity contribution in [3.63, 3.8) is 0 Å². The van der Waals surface area contributed by atoms with E-state index in [9.17, 15) is 18.7 Å². The Balaban J connectivity index is 1.94. The van der Waals surface area contributed by atoms with Crippen LogP contribution in [0.1, 0.15) is 11.1 Å². The molecule has 2 aromatic carbocycles. The Kier molecular flexibility index (Phi) is 4.30. The number of carbonyl (C=O) groups is 1. The average molecular weight is 277 g/mol. The number of amides is 1. The molecule has 3 nitrogen and oxygen atoms in total. The Morgan fingerprint density at radius 2 is 1.95 bits per heavy atom. The van der Waals surface area contributed by atoms with Gasteiger partial charge in [0.25, 0.3) is 0 Å². The molecule has 2 rings (SSSR count). The number of hydrogen-bond acceptors (Lipinski definition) is 2. The van der Waals surface area contributed by atoms with Crippen molar-refractivity contribution in [3.8, 4) is 5.75 Å². The minimum absolute atomic E-state index is 0.0608. The molecule has 0 aliphatic rings. The van der Waals surface area contributed by atoms with E-state index in [2.05, 4.69) is 5.32 Å². The lowest BCUT2D eigenvalue weighted by molar-refractivity contribution is -0.120. The van der Waals surface area contributed by atoms with Gasteiger partial charge in [0.15, 0.2) is 0 Å². The summed E-state index contributed by atoms with van der Waals surface area (Å²) in [6, 6.07) is 9.39. The summed E-state index contributed by atoms with van der Waals surface area (Å²) < 4.78 is 26.3. The van der Waals surface area contributed by atoms with Crippen molar-refractivity contribution >= 4 is 5.91 Å². The molecule has 0 aromatic heterocycles. The molecule has 0 atom stereocenters. The smallest absolute Gasteiger partial charge is 0.224 e. The fraction of sp³-hybridized carbons (Fsp3) is 0.133. The first kappa shape index (κ1) is 14.0. The number of benzene rings is 2. The molecule has 20 heavy (non-hydrogen) atoms. The van der Waals surface area contributed by atoms with Gasteiger partial charge in [0, 0.05) is 12.1 Å². The van der Waals surface area contributed by atoms with Gasteiger partial charge in [0.05, 0.1) is 6.42 Å². The minimum atomic E-state index is -0.566. The van der Waals surface area contributed by atoms with Gasteiger partial charge in [0.2, 0.25) is 5.91 Å². The molecule has 0 spiro atoms. The Morgan fingerprint density at radius 3 is 2.70 bits per heavy atom. The van der Waals surface area contributed by atoms with Gasteiger partial charge in [0.1, 0.15) is 17.4 Å². The summed E-state index contributed by atoms with van der Waals surface area (Å²) in [7, 11) is 0. The van der Waals surface area contributed by atoms with E-state index in [0.717, 1.165) is 18.2 Å². The Labute approximate surface area is 114 Å². The maximum absolute atomic E-state index is 13.3. The van der Waals surface area contributed by atoms with E-state index in [-0.39, 0.29) is 30.2 Å². The van der Waals surface area contributed by atoms with Crippen LogP contribution in [0.3, 0.4) is 0 Å². The van der Waals surface area contributed by atoms with Crippen LogP contribution in [0.4, 0.5) is 8.78 Å². The first-order chi connectivity index (χ1) is 9.54. The zero-order valence-corrected chi connectivity index (χ0v) is 10.6. The summed E-state index contributed by atoms with van der Waals surface area (Å²) in [6.07, 6.45) is 0.0608. The lowest BCUT2D eigenvalue weighted by Gasteiger charge is -2.07. The number of halogens is 2. The molecular weight excluding hydrogens is 264 g/mol. The third-order valence-electron chi connectivity index (χ3n) is 2.76. The number of aromatic hydroxyl groups is 1. The Morgan fingerprint density at radius 1 is 1.15 bits per heavy atom. The molecule has 0 unspecified atom stereocenters. The molecule has 0 saturated heterocycles. The second kappa shape index (κ2) is 6.14. The van der Waals surface area contributed by atoms with Gasteiger partial charge in [-0.05, 0) is 35.9 Å². The molecule has 0 bridgehead atoms. The summed E-state index contributed by atoms with van der Waals surface area (Å²) in [5.74, 6) is -1.38. The highest BCUT2D eigenvalue weighted by Gasteiger charge is 2.07. The fourth-order valence-electron chi connectivity index (χ4n) is 1.79. The van der Waals surface area contributed by atoms with Crippen LogP contribution < -0.4 is 5.32 Å². The maximum atomic E-state index is 13.3. The summed E-state index contributed by atoms with van der Waals surface area (Å²) in [4.78, 5) is 11.7. The highest BCUT2D eigenvalue weighted by atomic mass is 19.1. The third-order valence-corrected chi connectivity index (χ3v) is 2.76. The standard InChI is InChI=1S/C15H13F2NO2/c16-12-4-5-14(17)11(8-12)9-18-15(20)7-10-2-1-3-13(19)6-10/h1-6,8,19H,7,9H2,(H,18,20). The van der Waals surface area contributed by atoms with E-state index in [0.29, 0.717) is 5.56 Å². The number of carbonyl (C=O) groups excluding carboxylic acids is 1. The van der Waals surface area contributed by atoms with Gasteiger partial charge in [-0.1, -0.05) is 12.1 Å². The number of phenols is 1. The first-order valence-electron chi connectivity index (χ1n) is 6.03. The SMILES string of the molecule is O=C(Cc1cccc(O)c1)NCc1cc(F)ccc1F. The van der Waals surface area contributed by atoms with Crippen molar-refractivity contribution in [1.82, 2.24) is 5.32 Å². The minimum Gasteiger partial charge on any atom is -0.508 e. The predicted octanol–water partition coefficient (Wildman–Crippen LogP) is 2.53. The molecule has 0 heterocycles. The van der Waals surface area contributed by atoms with Gasteiger partial charge in [-0.15, -0.1) is 0 Å². The third kappa shape index (κ3) is 3.78. The van der Waals surface area contributed by atoms with E-state index in [1.807, 2.05) is 0 Å². The highest BCUT2D eigenvalue weighted by Crippen LogP contribution is 2.12. The van der Waals surface area contributed by atoms with Crippen LogP contribution in [-0.4, -0.2) is 11.0 Å². The molecule has 0 radical (unpaired) electrons. The molecular formula is C15H13F2NO2. The van der Waals surface area contributed by atoms with Crippen LogP contribution in [0.15, 0.2) is 42.5 Å². The highest BCUT2D eigenvalue weighted by molar-refractivity contribution is 5.78. The largest absolute Gasteiger partial charge is 0.508 e.